The molecule has 0 N–H and O–H groups in total. The second kappa shape index (κ2) is 4.28. The van der Waals surface area contributed by atoms with E-state index < -0.39 is 12.0 Å². The Hall–Kier alpha value is -1.12. The molecule has 0 fully saturated rings. The molecular formula is C10H7F3IN3. The van der Waals surface area contributed by atoms with Crippen LogP contribution in [0.3, 0.4) is 0 Å². The molecule has 0 aliphatic heterocycles. The zero-order chi connectivity index (χ0) is 12.6. The SMILES string of the molecule is Cn1nc(C(F)(F)F)nc1-c1ccc(I)cc1. The molecule has 0 aliphatic carbocycles. The molecule has 0 bridgehead atoms. The third kappa shape index (κ3) is 2.59. The van der Waals surface area contributed by atoms with Gasteiger partial charge in [0.2, 0.25) is 0 Å². The standard InChI is InChI=1S/C10H7F3IN3/c1-17-8(6-2-4-7(14)5-3-6)15-9(16-17)10(11,12)13/h2-5H,1H3. The third-order valence-corrected chi connectivity index (χ3v) is 2.84. The highest BCUT2D eigenvalue weighted by atomic mass is 127. The van der Waals surface area contributed by atoms with E-state index in [1.54, 1.807) is 24.3 Å². The maximum atomic E-state index is 12.4. The van der Waals surface area contributed by atoms with Gasteiger partial charge < -0.3 is 0 Å². The summed E-state index contributed by atoms with van der Waals surface area (Å²) in [5.41, 5.74) is 0.607. The topological polar surface area (TPSA) is 30.7 Å². The predicted octanol–water partition coefficient (Wildman–Crippen LogP) is 3.11. The smallest absolute Gasteiger partial charge is 0.248 e. The zero-order valence-corrected chi connectivity index (χ0v) is 10.8. The van der Waals surface area contributed by atoms with Gasteiger partial charge in [-0.1, -0.05) is 12.1 Å². The molecule has 7 heteroatoms. The minimum atomic E-state index is -4.51. The van der Waals surface area contributed by atoms with Crippen molar-refractivity contribution in [2.24, 2.45) is 7.05 Å². The third-order valence-electron chi connectivity index (χ3n) is 2.12. The molecule has 0 unspecified atom stereocenters. The molecule has 1 aromatic carbocycles. The summed E-state index contributed by atoms with van der Waals surface area (Å²) >= 11 is 2.12. The number of hydrogen-bond donors (Lipinski definition) is 0. The van der Waals surface area contributed by atoms with Crippen molar-refractivity contribution in [2.45, 2.75) is 6.18 Å². The number of alkyl halides is 3. The van der Waals surface area contributed by atoms with Gasteiger partial charge in [-0.3, -0.25) is 0 Å². The van der Waals surface area contributed by atoms with Gasteiger partial charge in [0.05, 0.1) is 0 Å². The van der Waals surface area contributed by atoms with Crippen LogP contribution in [0.15, 0.2) is 24.3 Å². The zero-order valence-electron chi connectivity index (χ0n) is 8.66. The van der Waals surface area contributed by atoms with Crippen molar-refractivity contribution >= 4 is 22.6 Å². The summed E-state index contributed by atoms with van der Waals surface area (Å²) in [7, 11) is 1.44. The van der Waals surface area contributed by atoms with E-state index in [0.29, 0.717) is 5.56 Å². The molecule has 0 aliphatic rings. The van der Waals surface area contributed by atoms with Crippen LogP contribution in [-0.4, -0.2) is 14.8 Å². The summed E-state index contributed by atoms with van der Waals surface area (Å²) in [5.74, 6) is -0.915. The fourth-order valence-corrected chi connectivity index (χ4v) is 1.71. The molecule has 1 heterocycles. The Bertz CT molecular complexity index is 531. The van der Waals surface area contributed by atoms with Gasteiger partial charge >= 0.3 is 6.18 Å². The highest BCUT2D eigenvalue weighted by Crippen LogP contribution is 2.28. The van der Waals surface area contributed by atoms with Crippen molar-refractivity contribution in [3.05, 3.63) is 33.7 Å². The van der Waals surface area contributed by atoms with Crippen molar-refractivity contribution in [1.29, 1.82) is 0 Å². The van der Waals surface area contributed by atoms with Crippen LogP contribution < -0.4 is 0 Å². The van der Waals surface area contributed by atoms with Gasteiger partial charge in [-0.15, -0.1) is 5.10 Å². The van der Waals surface area contributed by atoms with E-state index in [9.17, 15) is 13.2 Å². The van der Waals surface area contributed by atoms with Gasteiger partial charge in [-0.25, -0.2) is 9.67 Å². The summed E-state index contributed by atoms with van der Waals surface area (Å²) in [5, 5.41) is 3.36. The predicted molar refractivity (Wildman–Crippen MR) is 64.2 cm³/mol. The van der Waals surface area contributed by atoms with Gasteiger partial charge in [0.25, 0.3) is 5.82 Å². The van der Waals surface area contributed by atoms with E-state index in [0.717, 1.165) is 8.25 Å². The van der Waals surface area contributed by atoms with Crippen LogP contribution in [0.1, 0.15) is 5.82 Å². The van der Waals surface area contributed by atoms with E-state index in [1.165, 1.54) is 7.05 Å². The quantitative estimate of drug-likeness (QED) is 0.738. The van der Waals surface area contributed by atoms with Crippen LogP contribution >= 0.6 is 22.6 Å². The van der Waals surface area contributed by atoms with Crippen LogP contribution in [-0.2, 0) is 13.2 Å². The van der Waals surface area contributed by atoms with E-state index in [4.69, 9.17) is 0 Å². The highest BCUT2D eigenvalue weighted by Gasteiger charge is 2.36. The molecule has 0 saturated carbocycles. The average molecular weight is 353 g/mol. The maximum Gasteiger partial charge on any atom is 0.453 e. The number of aromatic nitrogens is 3. The van der Waals surface area contributed by atoms with Crippen LogP contribution in [0.25, 0.3) is 11.4 Å². The number of nitrogens with zero attached hydrogens (tertiary/aromatic N) is 3. The number of benzene rings is 1. The summed E-state index contributed by atoms with van der Waals surface area (Å²) in [6, 6.07) is 7.04. The first-order valence-corrected chi connectivity index (χ1v) is 5.70. The lowest BCUT2D eigenvalue weighted by Crippen LogP contribution is -2.08. The first-order chi connectivity index (χ1) is 7.88. The number of rotatable bonds is 1. The summed E-state index contributed by atoms with van der Waals surface area (Å²) in [6.07, 6.45) is -4.51. The molecule has 0 radical (unpaired) electrons. The van der Waals surface area contributed by atoms with Gasteiger partial charge in [-0.2, -0.15) is 13.2 Å². The molecule has 0 saturated heterocycles. The molecule has 17 heavy (non-hydrogen) atoms. The molecule has 90 valence electrons. The van der Waals surface area contributed by atoms with Gasteiger partial charge in [0, 0.05) is 16.2 Å². The molecule has 0 atom stereocenters. The lowest BCUT2D eigenvalue weighted by Gasteiger charge is -1.99. The normalized spacial score (nSPS) is 11.8. The first-order valence-electron chi connectivity index (χ1n) is 4.62. The molecule has 2 aromatic rings. The minimum absolute atomic E-state index is 0.203. The largest absolute Gasteiger partial charge is 0.453 e. The fraction of sp³-hybridized carbons (Fsp3) is 0.200. The van der Waals surface area contributed by atoms with Crippen LogP contribution in [0.2, 0.25) is 0 Å². The van der Waals surface area contributed by atoms with Gasteiger partial charge in [0.1, 0.15) is 0 Å². The van der Waals surface area contributed by atoms with Crippen LogP contribution in [0.5, 0.6) is 0 Å². The molecular weight excluding hydrogens is 346 g/mol. The number of halogens is 4. The fourth-order valence-electron chi connectivity index (χ4n) is 1.35. The Kier molecular flexibility index (Phi) is 3.11. The lowest BCUT2D eigenvalue weighted by molar-refractivity contribution is -0.144. The number of hydrogen-bond acceptors (Lipinski definition) is 2. The summed E-state index contributed by atoms with van der Waals surface area (Å²) in [6.45, 7) is 0. The Balaban J connectivity index is 2.46. The highest BCUT2D eigenvalue weighted by molar-refractivity contribution is 14.1. The second-order valence-electron chi connectivity index (χ2n) is 3.39. The van der Waals surface area contributed by atoms with E-state index >= 15 is 0 Å². The molecule has 1 aromatic heterocycles. The van der Waals surface area contributed by atoms with E-state index in [-0.39, 0.29) is 5.82 Å². The van der Waals surface area contributed by atoms with Crippen LogP contribution in [0.4, 0.5) is 13.2 Å². The summed E-state index contributed by atoms with van der Waals surface area (Å²) < 4.78 is 39.4. The monoisotopic (exact) mass is 353 g/mol. The molecule has 0 spiro atoms. The van der Waals surface area contributed by atoms with Crippen LogP contribution in [0, 0.1) is 3.57 Å². The molecule has 3 nitrogen and oxygen atoms in total. The van der Waals surface area contributed by atoms with Crippen molar-refractivity contribution < 1.29 is 13.2 Å². The number of aryl methyl sites for hydroxylation is 1. The molecule has 2 rings (SSSR count). The Labute approximate surface area is 109 Å². The van der Waals surface area contributed by atoms with Crippen molar-refractivity contribution in [3.63, 3.8) is 0 Å². The second-order valence-corrected chi connectivity index (χ2v) is 4.63. The van der Waals surface area contributed by atoms with E-state index in [2.05, 4.69) is 32.7 Å². The first kappa shape index (κ1) is 12.3. The molecule has 0 amide bonds. The van der Waals surface area contributed by atoms with Gasteiger partial charge in [0.15, 0.2) is 5.82 Å². The Morgan fingerprint density at radius 3 is 2.24 bits per heavy atom. The maximum absolute atomic E-state index is 12.4. The van der Waals surface area contributed by atoms with E-state index in [1.807, 2.05) is 0 Å². The Morgan fingerprint density at radius 1 is 1.18 bits per heavy atom. The Morgan fingerprint density at radius 2 is 1.76 bits per heavy atom. The van der Waals surface area contributed by atoms with Crippen molar-refractivity contribution in [2.75, 3.05) is 0 Å². The lowest BCUT2D eigenvalue weighted by atomic mass is 10.2. The van der Waals surface area contributed by atoms with Crippen molar-refractivity contribution in [1.82, 2.24) is 14.8 Å². The van der Waals surface area contributed by atoms with Crippen molar-refractivity contribution in [3.8, 4) is 11.4 Å². The summed E-state index contributed by atoms with van der Waals surface area (Å²) in [4.78, 5) is 3.51. The minimum Gasteiger partial charge on any atom is -0.248 e. The van der Waals surface area contributed by atoms with Gasteiger partial charge in [-0.05, 0) is 34.7 Å². The average Bonchev–Trinajstić information content (AvgIpc) is 2.61.